The molecule has 2 aromatic rings. The van der Waals surface area contributed by atoms with Crippen LogP contribution < -0.4 is 23.7 Å². The first-order valence-corrected chi connectivity index (χ1v) is 9.65. The van der Waals surface area contributed by atoms with Crippen molar-refractivity contribution < 1.29 is 38.3 Å². The van der Waals surface area contributed by atoms with Gasteiger partial charge in [-0.3, -0.25) is 0 Å². The van der Waals surface area contributed by atoms with Gasteiger partial charge >= 0.3 is 5.97 Å². The molecule has 0 amide bonds. The third kappa shape index (κ3) is 5.95. The molecule has 0 aliphatic carbocycles. The lowest BCUT2D eigenvalue weighted by Gasteiger charge is -2.29. The third-order valence-corrected chi connectivity index (χ3v) is 4.30. The molecular formula is C23H30O8. The Morgan fingerprint density at radius 2 is 1.35 bits per heavy atom. The highest BCUT2D eigenvalue weighted by atomic mass is 16.6. The molecular weight excluding hydrogens is 404 g/mol. The first kappa shape index (κ1) is 24.1. The molecule has 0 unspecified atom stereocenters. The van der Waals surface area contributed by atoms with Gasteiger partial charge in [-0.25, -0.2) is 4.79 Å². The summed E-state index contributed by atoms with van der Waals surface area (Å²) in [6, 6.07) is 9.96. The molecule has 0 aliphatic rings. The number of benzene rings is 2. The van der Waals surface area contributed by atoms with Crippen LogP contribution in [0.2, 0.25) is 0 Å². The Hall–Kier alpha value is -3.13. The van der Waals surface area contributed by atoms with Gasteiger partial charge in [-0.15, -0.1) is 0 Å². The first-order chi connectivity index (χ1) is 14.6. The zero-order valence-corrected chi connectivity index (χ0v) is 18.9. The lowest BCUT2D eigenvalue weighted by molar-refractivity contribution is -0.169. The Kier molecular flexibility index (Phi) is 7.99. The van der Waals surface area contributed by atoms with Gasteiger partial charge in [0.05, 0.1) is 34.0 Å². The number of aliphatic hydroxyl groups is 1. The predicted octanol–water partition coefficient (Wildman–Crippen LogP) is 3.54. The second kappa shape index (κ2) is 10.3. The van der Waals surface area contributed by atoms with E-state index < -0.39 is 23.8 Å². The van der Waals surface area contributed by atoms with Gasteiger partial charge < -0.3 is 33.5 Å². The van der Waals surface area contributed by atoms with E-state index in [9.17, 15) is 9.90 Å². The van der Waals surface area contributed by atoms with Gasteiger partial charge in [0.2, 0.25) is 6.10 Å². The summed E-state index contributed by atoms with van der Waals surface area (Å²) in [7, 11) is 5.86. The maximum atomic E-state index is 13.0. The minimum absolute atomic E-state index is 0.219. The summed E-state index contributed by atoms with van der Waals surface area (Å²) in [5, 5.41) is 11.3. The second-order valence-electron chi connectivity index (χ2n) is 7.61. The van der Waals surface area contributed by atoms with Gasteiger partial charge in [0, 0.05) is 12.1 Å². The van der Waals surface area contributed by atoms with E-state index in [1.54, 1.807) is 57.2 Å². The average molecular weight is 434 g/mol. The Bertz CT molecular complexity index is 862. The molecule has 170 valence electrons. The zero-order valence-electron chi connectivity index (χ0n) is 18.9. The number of carbonyl (C=O) groups excluding carboxylic acids is 1. The Morgan fingerprint density at radius 1 is 0.839 bits per heavy atom. The summed E-state index contributed by atoms with van der Waals surface area (Å²) >= 11 is 0. The summed E-state index contributed by atoms with van der Waals surface area (Å²) in [4.78, 5) is 13.0. The molecule has 8 heteroatoms. The number of carbonyl (C=O) groups is 1. The maximum absolute atomic E-state index is 13.0. The number of ether oxygens (including phenoxy) is 6. The van der Waals surface area contributed by atoms with Crippen LogP contribution in [0.15, 0.2) is 36.4 Å². The molecule has 0 radical (unpaired) electrons. The van der Waals surface area contributed by atoms with Crippen molar-refractivity contribution in [3.63, 3.8) is 0 Å². The average Bonchev–Trinajstić information content (AvgIpc) is 2.74. The van der Waals surface area contributed by atoms with Crippen LogP contribution in [-0.4, -0.2) is 51.2 Å². The standard InChI is InChI=1S/C23H30O8/c1-23(2,3)31-22(25)21(30-16-11-9-8-10-15(16)27-5)20(24)19-17(28-6)12-14(26-4)13-18(19)29-7/h8-13,20-21,24H,1-7H3/t20-,21+/m0/s1. The second-order valence-corrected chi connectivity index (χ2v) is 7.61. The van der Waals surface area contributed by atoms with Gasteiger partial charge in [-0.05, 0) is 32.9 Å². The van der Waals surface area contributed by atoms with E-state index >= 15 is 0 Å². The lowest BCUT2D eigenvalue weighted by Crippen LogP contribution is -2.39. The fourth-order valence-corrected chi connectivity index (χ4v) is 2.93. The number of rotatable bonds is 9. The van der Waals surface area contributed by atoms with Crippen LogP contribution in [0, 0.1) is 0 Å². The molecule has 0 aliphatic heterocycles. The molecule has 0 saturated carbocycles. The van der Waals surface area contributed by atoms with Crippen LogP contribution in [0.3, 0.4) is 0 Å². The molecule has 8 nitrogen and oxygen atoms in total. The Morgan fingerprint density at radius 3 is 1.81 bits per heavy atom. The normalized spacial score (nSPS) is 13.0. The van der Waals surface area contributed by atoms with Crippen molar-refractivity contribution in [2.75, 3.05) is 28.4 Å². The molecule has 0 aromatic heterocycles. The SMILES string of the molecule is COc1cc(OC)c([C@H](O)[C@@H](Oc2ccccc2OC)C(=O)OC(C)(C)C)c(OC)c1. The lowest BCUT2D eigenvalue weighted by atomic mass is 10.0. The number of hydrogen-bond acceptors (Lipinski definition) is 8. The summed E-state index contributed by atoms with van der Waals surface area (Å²) in [5.74, 6) is 0.903. The smallest absolute Gasteiger partial charge is 0.351 e. The Labute approximate surface area is 182 Å². The van der Waals surface area contributed by atoms with Crippen LogP contribution in [0.5, 0.6) is 28.7 Å². The molecule has 1 N–H and O–H groups in total. The Balaban J connectivity index is 2.57. The number of hydrogen-bond donors (Lipinski definition) is 1. The highest BCUT2D eigenvalue weighted by Crippen LogP contribution is 2.41. The molecule has 2 aromatic carbocycles. The first-order valence-electron chi connectivity index (χ1n) is 9.65. The van der Waals surface area contributed by atoms with E-state index in [4.69, 9.17) is 28.4 Å². The highest BCUT2D eigenvalue weighted by molar-refractivity contribution is 5.77. The van der Waals surface area contributed by atoms with Crippen LogP contribution in [0.1, 0.15) is 32.4 Å². The highest BCUT2D eigenvalue weighted by Gasteiger charge is 2.38. The van der Waals surface area contributed by atoms with Crippen LogP contribution >= 0.6 is 0 Å². The summed E-state index contributed by atoms with van der Waals surface area (Å²) in [6.07, 6.45) is -2.93. The van der Waals surface area contributed by atoms with Gasteiger partial charge in [0.25, 0.3) is 0 Å². The van der Waals surface area contributed by atoms with E-state index in [0.717, 1.165) is 0 Å². The van der Waals surface area contributed by atoms with Crippen molar-refractivity contribution in [1.82, 2.24) is 0 Å². The molecule has 0 fully saturated rings. The maximum Gasteiger partial charge on any atom is 0.351 e. The number of para-hydroxylation sites is 2. The zero-order chi connectivity index (χ0) is 23.2. The van der Waals surface area contributed by atoms with Gasteiger partial charge in [0.1, 0.15) is 29.0 Å². The third-order valence-electron chi connectivity index (χ3n) is 4.30. The van der Waals surface area contributed by atoms with Crippen molar-refractivity contribution in [2.45, 2.75) is 38.6 Å². The molecule has 0 saturated heterocycles. The van der Waals surface area contributed by atoms with E-state index in [-0.39, 0.29) is 22.8 Å². The minimum Gasteiger partial charge on any atom is -0.496 e. The number of methoxy groups -OCH3 is 4. The molecule has 2 atom stereocenters. The van der Waals surface area contributed by atoms with E-state index in [1.807, 2.05) is 0 Å². The van der Waals surface area contributed by atoms with Crippen molar-refractivity contribution in [3.05, 3.63) is 42.0 Å². The molecule has 0 bridgehead atoms. The van der Waals surface area contributed by atoms with E-state index in [2.05, 4.69) is 0 Å². The number of esters is 1. The minimum atomic E-state index is -1.49. The summed E-state index contributed by atoms with van der Waals surface area (Å²) in [6.45, 7) is 5.18. The fourth-order valence-electron chi connectivity index (χ4n) is 2.93. The van der Waals surface area contributed by atoms with Crippen molar-refractivity contribution in [2.24, 2.45) is 0 Å². The van der Waals surface area contributed by atoms with Gasteiger partial charge in [0.15, 0.2) is 11.5 Å². The molecule has 2 rings (SSSR count). The van der Waals surface area contributed by atoms with Gasteiger partial charge in [-0.2, -0.15) is 0 Å². The van der Waals surface area contributed by atoms with Crippen LogP contribution in [0.25, 0.3) is 0 Å². The van der Waals surface area contributed by atoms with Crippen LogP contribution in [0.4, 0.5) is 0 Å². The summed E-state index contributed by atoms with van der Waals surface area (Å²) < 4.78 is 32.8. The molecule has 31 heavy (non-hydrogen) atoms. The summed E-state index contributed by atoms with van der Waals surface area (Å²) in [5.41, 5.74) is -0.579. The van der Waals surface area contributed by atoms with Crippen LogP contribution in [-0.2, 0) is 9.53 Å². The quantitative estimate of drug-likeness (QED) is 0.599. The fraction of sp³-hybridized carbons (Fsp3) is 0.435. The van der Waals surface area contributed by atoms with E-state index in [0.29, 0.717) is 11.5 Å². The van der Waals surface area contributed by atoms with Crippen molar-refractivity contribution in [3.8, 4) is 28.7 Å². The molecule has 0 spiro atoms. The monoisotopic (exact) mass is 434 g/mol. The van der Waals surface area contributed by atoms with Crippen molar-refractivity contribution >= 4 is 5.97 Å². The van der Waals surface area contributed by atoms with E-state index in [1.165, 1.54) is 28.4 Å². The van der Waals surface area contributed by atoms with Crippen molar-refractivity contribution in [1.29, 1.82) is 0 Å². The van der Waals surface area contributed by atoms with Gasteiger partial charge in [-0.1, -0.05) is 12.1 Å². The number of aliphatic hydroxyl groups excluding tert-OH is 1. The topological polar surface area (TPSA) is 92.7 Å². The predicted molar refractivity (Wildman–Crippen MR) is 114 cm³/mol. The molecule has 0 heterocycles. The largest absolute Gasteiger partial charge is 0.496 e.